The van der Waals surface area contributed by atoms with Crippen LogP contribution < -0.4 is 0 Å². The first-order chi connectivity index (χ1) is 12.9. The van der Waals surface area contributed by atoms with Gasteiger partial charge in [0.05, 0.1) is 0 Å². The number of hydrogen-bond acceptors (Lipinski definition) is 5. The third kappa shape index (κ3) is 4.71. The third-order valence-corrected chi connectivity index (χ3v) is 6.76. The Balaban J connectivity index is 1.96. The summed E-state index contributed by atoms with van der Waals surface area (Å²) in [7, 11) is 0. The van der Waals surface area contributed by atoms with Crippen LogP contribution in [0.3, 0.4) is 0 Å². The van der Waals surface area contributed by atoms with E-state index in [1.54, 1.807) is 11.8 Å². The van der Waals surface area contributed by atoms with Crippen LogP contribution in [0, 0.1) is 11.6 Å². The van der Waals surface area contributed by atoms with Gasteiger partial charge in [0, 0.05) is 35.7 Å². The summed E-state index contributed by atoms with van der Waals surface area (Å²) in [5, 5.41) is 0. The van der Waals surface area contributed by atoms with Crippen LogP contribution in [0.4, 0.5) is 8.78 Å². The summed E-state index contributed by atoms with van der Waals surface area (Å²) in [6.07, 6.45) is 0. The molecular weight excluding hydrogens is 412 g/mol. The van der Waals surface area contributed by atoms with E-state index in [0.29, 0.717) is 13.1 Å². The number of carbonyl (C=O) groups excluding carboxylic acids is 2. The van der Waals surface area contributed by atoms with Crippen molar-refractivity contribution >= 4 is 46.9 Å². The largest absolute Gasteiger partial charge is 0.291 e. The summed E-state index contributed by atoms with van der Waals surface area (Å²) in [4.78, 5) is 26.3. The maximum atomic E-state index is 13.2. The summed E-state index contributed by atoms with van der Waals surface area (Å²) in [5.74, 6) is -0.483. The molecule has 3 nitrogen and oxygen atoms in total. The van der Waals surface area contributed by atoms with E-state index in [9.17, 15) is 18.4 Å². The zero-order chi connectivity index (χ0) is 19.4. The second kappa shape index (κ2) is 8.73. The van der Waals surface area contributed by atoms with Crippen LogP contribution in [0.2, 0.25) is 0 Å². The van der Waals surface area contributed by atoms with Gasteiger partial charge in [-0.25, -0.2) is 13.1 Å². The van der Waals surface area contributed by atoms with Crippen molar-refractivity contribution < 1.29 is 18.4 Å². The standard InChI is InChI=1S/C19H16ClF2NO2S2/c20-19(27-23-9-11-26-12-10-23,17(24)13-1-5-15(21)6-2-13)18(25)14-3-7-16(22)8-4-14/h1-8H,9-12H2. The monoisotopic (exact) mass is 427 g/mol. The zero-order valence-corrected chi connectivity index (χ0v) is 16.6. The predicted octanol–water partition coefficient (Wildman–Crippen LogP) is 4.66. The van der Waals surface area contributed by atoms with E-state index in [1.807, 2.05) is 4.31 Å². The molecule has 2 aromatic carbocycles. The van der Waals surface area contributed by atoms with E-state index in [1.165, 1.54) is 24.3 Å². The van der Waals surface area contributed by atoms with E-state index in [4.69, 9.17) is 11.6 Å². The van der Waals surface area contributed by atoms with Crippen molar-refractivity contribution in [1.82, 2.24) is 4.31 Å². The molecule has 0 aliphatic carbocycles. The first kappa shape index (κ1) is 20.3. The Labute approximate surface area is 169 Å². The Morgan fingerprint density at radius 1 is 0.889 bits per heavy atom. The molecule has 142 valence electrons. The first-order valence-electron chi connectivity index (χ1n) is 8.21. The number of benzene rings is 2. The van der Waals surface area contributed by atoms with Crippen molar-refractivity contribution in [3.63, 3.8) is 0 Å². The van der Waals surface area contributed by atoms with Crippen molar-refractivity contribution in [3.8, 4) is 0 Å². The molecule has 0 aromatic heterocycles. The highest BCUT2D eigenvalue weighted by Gasteiger charge is 2.47. The van der Waals surface area contributed by atoms with E-state index >= 15 is 0 Å². The lowest BCUT2D eigenvalue weighted by molar-refractivity contribution is 0.0881. The SMILES string of the molecule is O=C(c1ccc(F)cc1)C(Cl)(SN1CCSCC1)C(=O)c1ccc(F)cc1. The summed E-state index contributed by atoms with van der Waals surface area (Å²) in [6.45, 7) is 1.36. The summed E-state index contributed by atoms with van der Waals surface area (Å²) in [5.41, 5.74) is 0.279. The number of ketones is 2. The van der Waals surface area contributed by atoms with Crippen molar-refractivity contribution in [2.45, 2.75) is 4.21 Å². The third-order valence-electron chi connectivity index (χ3n) is 4.02. The number of Topliss-reactive ketones (excluding diaryl/α,β-unsaturated/α-hetero) is 2. The quantitative estimate of drug-likeness (QED) is 0.290. The lowest BCUT2D eigenvalue weighted by atomic mass is 10.0. The van der Waals surface area contributed by atoms with E-state index in [-0.39, 0.29) is 11.1 Å². The number of hydrogen-bond donors (Lipinski definition) is 0. The van der Waals surface area contributed by atoms with Gasteiger partial charge >= 0.3 is 0 Å². The Hall–Kier alpha value is -1.41. The van der Waals surface area contributed by atoms with E-state index < -0.39 is 27.4 Å². The van der Waals surface area contributed by atoms with Gasteiger partial charge in [0.15, 0.2) is 0 Å². The number of thioether (sulfide) groups is 1. The van der Waals surface area contributed by atoms with E-state index in [2.05, 4.69) is 0 Å². The van der Waals surface area contributed by atoms with Gasteiger partial charge in [-0.15, -0.1) is 0 Å². The molecule has 8 heteroatoms. The van der Waals surface area contributed by atoms with Crippen LogP contribution in [0.15, 0.2) is 48.5 Å². The minimum absolute atomic E-state index is 0.140. The topological polar surface area (TPSA) is 37.4 Å². The van der Waals surface area contributed by atoms with Crippen LogP contribution in [0.5, 0.6) is 0 Å². The van der Waals surface area contributed by atoms with E-state index in [0.717, 1.165) is 47.7 Å². The highest BCUT2D eigenvalue weighted by molar-refractivity contribution is 8.02. The molecule has 1 aliphatic heterocycles. The fraction of sp³-hybridized carbons (Fsp3) is 0.263. The zero-order valence-electron chi connectivity index (χ0n) is 14.2. The molecule has 1 heterocycles. The van der Waals surface area contributed by atoms with Crippen LogP contribution in [-0.2, 0) is 0 Å². The maximum absolute atomic E-state index is 13.2. The molecule has 2 aromatic rings. The van der Waals surface area contributed by atoms with Crippen LogP contribution in [-0.4, -0.2) is 44.7 Å². The van der Waals surface area contributed by atoms with Gasteiger partial charge in [-0.3, -0.25) is 9.59 Å². The normalized spacial score (nSPS) is 15.5. The fourth-order valence-corrected chi connectivity index (χ4v) is 5.34. The lowest BCUT2D eigenvalue weighted by Crippen LogP contribution is -2.43. The van der Waals surface area contributed by atoms with Gasteiger partial charge in [-0.05, 0) is 60.5 Å². The van der Waals surface area contributed by atoms with Gasteiger partial charge in [0.1, 0.15) is 11.6 Å². The van der Waals surface area contributed by atoms with Gasteiger partial charge < -0.3 is 0 Å². The van der Waals surface area contributed by atoms with Crippen molar-refractivity contribution in [1.29, 1.82) is 0 Å². The molecular formula is C19H16ClF2NO2S2. The molecule has 0 atom stereocenters. The van der Waals surface area contributed by atoms with Crippen molar-refractivity contribution in [3.05, 3.63) is 71.3 Å². The molecule has 0 saturated carbocycles. The minimum atomic E-state index is -1.95. The number of carbonyl (C=O) groups is 2. The molecule has 1 aliphatic rings. The molecule has 0 bridgehead atoms. The predicted molar refractivity (Wildman–Crippen MR) is 107 cm³/mol. The maximum Gasteiger partial charge on any atom is 0.229 e. The highest BCUT2D eigenvalue weighted by atomic mass is 35.5. The number of nitrogens with zero attached hydrogens (tertiary/aromatic N) is 1. The molecule has 3 rings (SSSR count). The molecule has 0 spiro atoms. The number of halogens is 3. The Kier molecular flexibility index (Phi) is 6.57. The molecule has 1 fully saturated rings. The molecule has 0 amide bonds. The minimum Gasteiger partial charge on any atom is -0.291 e. The molecule has 0 radical (unpaired) electrons. The molecule has 0 unspecified atom stereocenters. The van der Waals surface area contributed by atoms with Crippen molar-refractivity contribution in [2.24, 2.45) is 0 Å². The average molecular weight is 428 g/mol. The first-order valence-corrected chi connectivity index (χ1v) is 10.5. The Morgan fingerprint density at radius 2 is 1.30 bits per heavy atom. The Morgan fingerprint density at radius 3 is 1.70 bits per heavy atom. The Bertz CT molecular complexity index is 767. The number of alkyl halides is 1. The smallest absolute Gasteiger partial charge is 0.229 e. The molecule has 0 N–H and O–H groups in total. The van der Waals surface area contributed by atoms with Gasteiger partial charge in [0.2, 0.25) is 15.8 Å². The summed E-state index contributed by atoms with van der Waals surface area (Å²) < 4.78 is 26.4. The van der Waals surface area contributed by atoms with Crippen LogP contribution in [0.25, 0.3) is 0 Å². The number of rotatable bonds is 6. The van der Waals surface area contributed by atoms with Gasteiger partial charge in [-0.2, -0.15) is 11.8 Å². The molecule has 27 heavy (non-hydrogen) atoms. The second-order valence-corrected chi connectivity index (χ2v) is 9.23. The van der Waals surface area contributed by atoms with Crippen molar-refractivity contribution in [2.75, 3.05) is 24.6 Å². The highest BCUT2D eigenvalue weighted by Crippen LogP contribution is 2.40. The molecule has 1 saturated heterocycles. The summed E-state index contributed by atoms with van der Waals surface area (Å²) in [6, 6.07) is 9.81. The fourth-order valence-electron chi connectivity index (χ4n) is 2.58. The van der Waals surface area contributed by atoms with Gasteiger partial charge in [0.25, 0.3) is 0 Å². The van der Waals surface area contributed by atoms with Crippen LogP contribution >= 0.6 is 35.3 Å². The van der Waals surface area contributed by atoms with Gasteiger partial charge in [-0.1, -0.05) is 11.6 Å². The lowest BCUT2D eigenvalue weighted by Gasteiger charge is -2.32. The average Bonchev–Trinajstić information content (AvgIpc) is 2.69. The second-order valence-electron chi connectivity index (χ2n) is 5.90. The van der Waals surface area contributed by atoms with Crippen LogP contribution in [0.1, 0.15) is 20.7 Å². The summed E-state index contributed by atoms with van der Waals surface area (Å²) >= 11 is 9.42.